The normalized spacial score (nSPS) is 15.9. The second kappa shape index (κ2) is 5.32. The Morgan fingerprint density at radius 2 is 1.80 bits per heavy atom. The van der Waals surface area contributed by atoms with Crippen LogP contribution in [0.3, 0.4) is 0 Å². The van der Waals surface area contributed by atoms with Gasteiger partial charge < -0.3 is 14.6 Å². The minimum Gasteiger partial charge on any atom is -0.466 e. The fourth-order valence-corrected chi connectivity index (χ4v) is 0.880. The topological polar surface area (TPSA) is 55.8 Å². The third-order valence-corrected chi connectivity index (χ3v) is 1.52. The highest BCUT2D eigenvalue weighted by Gasteiger charge is 2.56. The molecule has 0 aromatic heterocycles. The van der Waals surface area contributed by atoms with Crippen LogP contribution in [0.15, 0.2) is 0 Å². The molecule has 1 unspecified atom stereocenters. The first-order valence-corrected chi connectivity index (χ1v) is 4.35. The van der Waals surface area contributed by atoms with Gasteiger partial charge in [0.1, 0.15) is 6.42 Å². The molecule has 0 radical (unpaired) electrons. The van der Waals surface area contributed by atoms with Gasteiger partial charge in [-0.1, -0.05) is 0 Å². The largest absolute Gasteiger partial charge is 0.466 e. The number of ether oxygens (including phenoxy) is 2. The second-order valence-corrected chi connectivity index (χ2v) is 2.70. The van der Waals surface area contributed by atoms with Crippen LogP contribution in [0.4, 0.5) is 13.2 Å². The van der Waals surface area contributed by atoms with Crippen molar-refractivity contribution in [2.75, 3.05) is 13.2 Å². The maximum atomic E-state index is 12.3. The lowest BCUT2D eigenvalue weighted by atomic mass is 10.2. The van der Waals surface area contributed by atoms with Gasteiger partial charge in [-0.3, -0.25) is 4.79 Å². The molecule has 0 aliphatic rings. The molecular formula is C8H13F3O4. The molecule has 15 heavy (non-hydrogen) atoms. The molecule has 0 rings (SSSR count). The number of hydrogen-bond acceptors (Lipinski definition) is 4. The summed E-state index contributed by atoms with van der Waals surface area (Å²) in [4.78, 5) is 10.8. The van der Waals surface area contributed by atoms with Gasteiger partial charge in [0.25, 0.3) is 5.79 Å². The van der Waals surface area contributed by atoms with E-state index in [1.165, 1.54) is 13.8 Å². The summed E-state index contributed by atoms with van der Waals surface area (Å²) in [6.45, 7) is 2.31. The molecule has 0 aliphatic heterocycles. The Kier molecular flexibility index (Phi) is 5.02. The zero-order valence-corrected chi connectivity index (χ0v) is 8.43. The van der Waals surface area contributed by atoms with E-state index in [4.69, 9.17) is 5.11 Å². The van der Waals surface area contributed by atoms with E-state index in [-0.39, 0.29) is 13.2 Å². The van der Waals surface area contributed by atoms with Crippen LogP contribution in [-0.4, -0.2) is 36.3 Å². The summed E-state index contributed by atoms with van der Waals surface area (Å²) >= 11 is 0. The van der Waals surface area contributed by atoms with Gasteiger partial charge in [0.15, 0.2) is 0 Å². The Labute approximate surface area is 85.0 Å². The van der Waals surface area contributed by atoms with Crippen molar-refractivity contribution >= 4 is 5.97 Å². The summed E-state index contributed by atoms with van der Waals surface area (Å²) in [6, 6.07) is 0. The number of hydrogen-bond donors (Lipinski definition) is 1. The van der Waals surface area contributed by atoms with E-state index in [1.54, 1.807) is 0 Å². The molecule has 0 saturated carbocycles. The third kappa shape index (κ3) is 4.05. The monoisotopic (exact) mass is 230 g/mol. The predicted octanol–water partition coefficient (Wildman–Crippen LogP) is 1.23. The molecule has 0 aromatic rings. The highest BCUT2D eigenvalue weighted by atomic mass is 19.4. The first-order chi connectivity index (χ1) is 6.77. The molecule has 0 spiro atoms. The van der Waals surface area contributed by atoms with E-state index in [9.17, 15) is 18.0 Å². The van der Waals surface area contributed by atoms with Crippen LogP contribution in [0.2, 0.25) is 0 Å². The van der Waals surface area contributed by atoms with Gasteiger partial charge in [-0.15, -0.1) is 0 Å². The lowest BCUT2D eigenvalue weighted by Gasteiger charge is -2.28. The number of carbonyl (C=O) groups excluding carboxylic acids is 1. The summed E-state index contributed by atoms with van der Waals surface area (Å²) in [5.74, 6) is -4.63. The predicted molar refractivity (Wildman–Crippen MR) is 43.9 cm³/mol. The summed E-state index contributed by atoms with van der Waals surface area (Å²) in [5, 5.41) is 9.10. The minimum absolute atomic E-state index is 0.0567. The summed E-state index contributed by atoms with van der Waals surface area (Å²) in [7, 11) is 0. The van der Waals surface area contributed by atoms with Gasteiger partial charge in [0.05, 0.1) is 6.61 Å². The van der Waals surface area contributed by atoms with Crippen molar-refractivity contribution < 1.29 is 32.5 Å². The van der Waals surface area contributed by atoms with Gasteiger partial charge in [0.2, 0.25) is 0 Å². The Morgan fingerprint density at radius 1 is 1.27 bits per heavy atom. The fraction of sp³-hybridized carbons (Fsp3) is 0.875. The zero-order valence-electron chi connectivity index (χ0n) is 8.43. The first-order valence-electron chi connectivity index (χ1n) is 4.35. The van der Waals surface area contributed by atoms with Gasteiger partial charge in [-0.2, -0.15) is 13.2 Å². The highest BCUT2D eigenvalue weighted by molar-refractivity contribution is 5.70. The summed E-state index contributed by atoms with van der Waals surface area (Å²) in [6.07, 6.45) is -6.30. The highest BCUT2D eigenvalue weighted by Crippen LogP contribution is 2.34. The SMILES string of the molecule is CCOC(=O)CC(O)(OCC)C(F)(F)F. The van der Waals surface area contributed by atoms with Crippen LogP contribution < -0.4 is 0 Å². The van der Waals surface area contributed by atoms with E-state index >= 15 is 0 Å². The molecule has 7 heteroatoms. The Balaban J connectivity index is 4.59. The number of rotatable bonds is 5. The molecular weight excluding hydrogens is 217 g/mol. The molecule has 90 valence electrons. The van der Waals surface area contributed by atoms with Crippen molar-refractivity contribution in [1.82, 2.24) is 0 Å². The van der Waals surface area contributed by atoms with Crippen molar-refractivity contribution in [3.63, 3.8) is 0 Å². The van der Waals surface area contributed by atoms with E-state index in [1.807, 2.05) is 0 Å². The van der Waals surface area contributed by atoms with Crippen LogP contribution in [0.1, 0.15) is 20.3 Å². The van der Waals surface area contributed by atoms with E-state index < -0.39 is 24.4 Å². The van der Waals surface area contributed by atoms with E-state index in [2.05, 4.69) is 9.47 Å². The van der Waals surface area contributed by atoms with Gasteiger partial charge >= 0.3 is 12.1 Å². The molecule has 0 heterocycles. The maximum absolute atomic E-state index is 12.3. The molecule has 4 nitrogen and oxygen atoms in total. The molecule has 0 saturated heterocycles. The molecule has 0 amide bonds. The van der Waals surface area contributed by atoms with Crippen molar-refractivity contribution in [3.8, 4) is 0 Å². The lowest BCUT2D eigenvalue weighted by molar-refractivity contribution is -0.364. The standard InChI is InChI=1S/C8H13F3O4/c1-3-14-6(12)5-7(13,15-4-2)8(9,10)11/h13H,3-5H2,1-2H3. The average molecular weight is 230 g/mol. The summed E-state index contributed by atoms with van der Waals surface area (Å²) in [5.41, 5.74) is 0. The van der Waals surface area contributed by atoms with Crippen LogP contribution in [0.25, 0.3) is 0 Å². The molecule has 1 N–H and O–H groups in total. The van der Waals surface area contributed by atoms with Crippen molar-refractivity contribution in [2.45, 2.75) is 32.2 Å². The van der Waals surface area contributed by atoms with E-state index in [0.29, 0.717) is 0 Å². The Morgan fingerprint density at radius 3 is 2.13 bits per heavy atom. The smallest absolute Gasteiger partial charge is 0.443 e. The van der Waals surface area contributed by atoms with Gasteiger partial charge in [-0.05, 0) is 13.8 Å². The molecule has 0 fully saturated rings. The van der Waals surface area contributed by atoms with Crippen molar-refractivity contribution in [2.24, 2.45) is 0 Å². The number of aliphatic hydroxyl groups is 1. The fourth-order valence-electron chi connectivity index (χ4n) is 0.880. The van der Waals surface area contributed by atoms with Crippen LogP contribution in [0.5, 0.6) is 0 Å². The number of halogens is 3. The molecule has 0 aliphatic carbocycles. The zero-order chi connectivity index (χ0) is 12.1. The third-order valence-electron chi connectivity index (χ3n) is 1.52. The van der Waals surface area contributed by atoms with Gasteiger partial charge in [-0.25, -0.2) is 0 Å². The molecule has 1 atom stereocenters. The molecule has 0 aromatic carbocycles. The Bertz CT molecular complexity index is 216. The number of carbonyl (C=O) groups is 1. The average Bonchev–Trinajstić information content (AvgIpc) is 2.02. The Hall–Kier alpha value is -0.820. The quantitative estimate of drug-likeness (QED) is 0.570. The van der Waals surface area contributed by atoms with Crippen LogP contribution >= 0.6 is 0 Å². The summed E-state index contributed by atoms with van der Waals surface area (Å²) < 4.78 is 45.4. The number of esters is 1. The van der Waals surface area contributed by atoms with Crippen LogP contribution in [0, 0.1) is 0 Å². The second-order valence-electron chi connectivity index (χ2n) is 2.70. The first kappa shape index (κ1) is 14.2. The lowest BCUT2D eigenvalue weighted by Crippen LogP contribution is -2.49. The van der Waals surface area contributed by atoms with Crippen LogP contribution in [-0.2, 0) is 14.3 Å². The number of alkyl halides is 3. The van der Waals surface area contributed by atoms with Crippen molar-refractivity contribution in [1.29, 1.82) is 0 Å². The van der Waals surface area contributed by atoms with Gasteiger partial charge in [0, 0.05) is 6.61 Å². The molecule has 0 bridgehead atoms. The maximum Gasteiger partial charge on any atom is 0.443 e. The minimum atomic E-state index is -5.03. The van der Waals surface area contributed by atoms with Crippen molar-refractivity contribution in [3.05, 3.63) is 0 Å². The van der Waals surface area contributed by atoms with E-state index in [0.717, 1.165) is 0 Å².